The molecule has 11 heavy (non-hydrogen) atoms. The third-order valence-corrected chi connectivity index (χ3v) is 2.33. The number of fused-ring (bicyclic) bond motifs is 2. The average Bonchev–Trinajstić information content (AvgIpc) is 2.42. The molecular formula is C6H11NO4. The summed E-state index contributed by atoms with van der Waals surface area (Å²) in [6.45, 7) is -0.0264. The van der Waals surface area contributed by atoms with Crippen LogP contribution in [0.3, 0.4) is 0 Å². The van der Waals surface area contributed by atoms with Crippen LogP contribution < -0.4 is 5.73 Å². The van der Waals surface area contributed by atoms with Crippen LogP contribution in [-0.2, 0) is 9.47 Å². The molecule has 64 valence electrons. The Kier molecular flexibility index (Phi) is 1.45. The van der Waals surface area contributed by atoms with E-state index in [2.05, 4.69) is 0 Å². The van der Waals surface area contributed by atoms with E-state index in [1.54, 1.807) is 0 Å². The Bertz CT molecular complexity index is 176. The summed E-state index contributed by atoms with van der Waals surface area (Å²) in [6.07, 6.45) is -1.87. The second-order valence-corrected chi connectivity index (χ2v) is 3.03. The van der Waals surface area contributed by atoms with E-state index in [-0.39, 0.29) is 13.2 Å². The van der Waals surface area contributed by atoms with E-state index < -0.39 is 24.0 Å². The highest BCUT2D eigenvalue weighted by molar-refractivity contribution is 5.06. The highest BCUT2D eigenvalue weighted by atomic mass is 16.6. The van der Waals surface area contributed by atoms with Crippen molar-refractivity contribution in [2.75, 3.05) is 13.2 Å². The van der Waals surface area contributed by atoms with E-state index in [0.717, 1.165) is 0 Å². The number of rotatable bonds is 1. The van der Waals surface area contributed by atoms with Gasteiger partial charge in [0.1, 0.15) is 24.0 Å². The zero-order chi connectivity index (χ0) is 8.06. The molecule has 5 heteroatoms. The van der Waals surface area contributed by atoms with Gasteiger partial charge in [-0.3, -0.25) is 0 Å². The number of aliphatic hydroxyl groups is 2. The van der Waals surface area contributed by atoms with Gasteiger partial charge >= 0.3 is 0 Å². The maximum Gasteiger partial charge on any atom is 0.145 e. The molecule has 2 aliphatic heterocycles. The van der Waals surface area contributed by atoms with Crippen LogP contribution in [0.15, 0.2) is 0 Å². The molecule has 0 radical (unpaired) electrons. The lowest BCUT2D eigenvalue weighted by Crippen LogP contribution is -2.45. The summed E-state index contributed by atoms with van der Waals surface area (Å²) in [6, 6.07) is 0. The van der Waals surface area contributed by atoms with Crippen LogP contribution >= 0.6 is 0 Å². The maximum atomic E-state index is 9.46. The maximum absolute atomic E-state index is 9.46. The summed E-state index contributed by atoms with van der Waals surface area (Å²) in [5.74, 6) is 0. The van der Waals surface area contributed by atoms with E-state index in [9.17, 15) is 5.11 Å². The fourth-order valence-corrected chi connectivity index (χ4v) is 1.61. The van der Waals surface area contributed by atoms with Crippen LogP contribution in [0.2, 0.25) is 0 Å². The predicted molar refractivity (Wildman–Crippen MR) is 34.6 cm³/mol. The van der Waals surface area contributed by atoms with Crippen LogP contribution in [-0.4, -0.2) is 47.5 Å². The van der Waals surface area contributed by atoms with Crippen molar-refractivity contribution in [3.8, 4) is 0 Å². The van der Waals surface area contributed by atoms with Crippen molar-refractivity contribution in [2.24, 2.45) is 5.73 Å². The van der Waals surface area contributed by atoms with E-state index in [1.165, 1.54) is 0 Å². The van der Waals surface area contributed by atoms with Gasteiger partial charge in [-0.15, -0.1) is 0 Å². The van der Waals surface area contributed by atoms with Crippen LogP contribution in [0.25, 0.3) is 0 Å². The van der Waals surface area contributed by atoms with E-state index in [4.69, 9.17) is 20.3 Å². The zero-order valence-electron chi connectivity index (χ0n) is 5.93. The van der Waals surface area contributed by atoms with Crippen molar-refractivity contribution in [3.63, 3.8) is 0 Å². The average molecular weight is 161 g/mol. The number of aliphatic hydroxyl groups excluding tert-OH is 2. The number of hydrogen-bond donors (Lipinski definition) is 3. The van der Waals surface area contributed by atoms with Gasteiger partial charge in [0.2, 0.25) is 0 Å². The van der Waals surface area contributed by atoms with Crippen LogP contribution in [0.5, 0.6) is 0 Å². The zero-order valence-corrected chi connectivity index (χ0v) is 5.93. The number of hydrogen-bond acceptors (Lipinski definition) is 5. The minimum absolute atomic E-state index is 0.225. The van der Waals surface area contributed by atoms with Gasteiger partial charge in [-0.1, -0.05) is 0 Å². The van der Waals surface area contributed by atoms with Crippen LogP contribution in [0.1, 0.15) is 0 Å². The van der Waals surface area contributed by atoms with Crippen molar-refractivity contribution in [1.82, 2.24) is 0 Å². The van der Waals surface area contributed by atoms with E-state index in [1.807, 2.05) is 0 Å². The lowest BCUT2D eigenvalue weighted by molar-refractivity contribution is -0.158. The molecule has 0 spiro atoms. The van der Waals surface area contributed by atoms with Crippen molar-refractivity contribution >= 4 is 0 Å². The Hall–Kier alpha value is -0.200. The van der Waals surface area contributed by atoms with Crippen molar-refractivity contribution in [3.05, 3.63) is 0 Å². The molecular weight excluding hydrogens is 150 g/mol. The SMILES string of the molecule is N[C@@H]1O[C@]2(CO)CO[C@H]1C2O. The molecule has 2 saturated heterocycles. The summed E-state index contributed by atoms with van der Waals surface area (Å²) in [5, 5.41) is 18.4. The topological polar surface area (TPSA) is 84.9 Å². The summed E-state index contributed by atoms with van der Waals surface area (Å²) in [7, 11) is 0. The van der Waals surface area contributed by atoms with E-state index in [0.29, 0.717) is 0 Å². The minimum Gasteiger partial charge on any atom is -0.393 e. The van der Waals surface area contributed by atoms with Gasteiger partial charge in [0.05, 0.1) is 13.2 Å². The quantitative estimate of drug-likeness (QED) is 0.406. The first-order valence-corrected chi connectivity index (χ1v) is 3.53. The third kappa shape index (κ3) is 0.771. The molecule has 5 nitrogen and oxygen atoms in total. The Morgan fingerprint density at radius 2 is 2.36 bits per heavy atom. The number of nitrogens with two attached hydrogens (primary N) is 1. The molecule has 2 bridgehead atoms. The molecule has 0 saturated carbocycles. The lowest BCUT2D eigenvalue weighted by Gasteiger charge is -2.26. The fourth-order valence-electron chi connectivity index (χ4n) is 1.61. The summed E-state index contributed by atoms with van der Waals surface area (Å²) in [5.41, 5.74) is 4.50. The molecule has 2 rings (SSSR count). The molecule has 1 unspecified atom stereocenters. The van der Waals surface area contributed by atoms with Crippen molar-refractivity contribution < 1.29 is 19.7 Å². The van der Waals surface area contributed by atoms with Gasteiger partial charge in [-0.05, 0) is 0 Å². The van der Waals surface area contributed by atoms with Gasteiger partial charge in [0.15, 0.2) is 0 Å². The first-order chi connectivity index (χ1) is 5.19. The second kappa shape index (κ2) is 2.15. The molecule has 4 atom stereocenters. The van der Waals surface area contributed by atoms with Crippen molar-refractivity contribution in [2.45, 2.75) is 24.0 Å². The Labute approximate surface area is 63.7 Å². The highest BCUT2D eigenvalue weighted by Gasteiger charge is 2.59. The fraction of sp³-hybridized carbons (Fsp3) is 1.00. The van der Waals surface area contributed by atoms with Gasteiger partial charge < -0.3 is 25.4 Å². The molecule has 2 fully saturated rings. The minimum atomic E-state index is -0.954. The van der Waals surface area contributed by atoms with Gasteiger partial charge in [0.25, 0.3) is 0 Å². The van der Waals surface area contributed by atoms with Gasteiger partial charge in [0, 0.05) is 0 Å². The second-order valence-electron chi connectivity index (χ2n) is 3.03. The van der Waals surface area contributed by atoms with Gasteiger partial charge in [-0.25, -0.2) is 0 Å². The van der Waals surface area contributed by atoms with Crippen LogP contribution in [0, 0.1) is 0 Å². The molecule has 0 aromatic carbocycles. The molecule has 0 aromatic rings. The molecule has 0 amide bonds. The first-order valence-electron chi connectivity index (χ1n) is 3.53. The molecule has 2 heterocycles. The Balaban J connectivity index is 2.24. The normalized spacial score (nSPS) is 55.4. The highest BCUT2D eigenvalue weighted by Crippen LogP contribution is 2.37. The summed E-state index contributed by atoms with van der Waals surface area (Å²) in [4.78, 5) is 0. The molecule has 0 aliphatic carbocycles. The largest absolute Gasteiger partial charge is 0.393 e. The molecule has 0 aromatic heterocycles. The summed E-state index contributed by atoms with van der Waals surface area (Å²) < 4.78 is 10.3. The predicted octanol–water partition coefficient (Wildman–Crippen LogP) is -2.21. The smallest absolute Gasteiger partial charge is 0.145 e. The van der Waals surface area contributed by atoms with Crippen LogP contribution in [0.4, 0.5) is 0 Å². The monoisotopic (exact) mass is 161 g/mol. The summed E-state index contributed by atoms with van der Waals surface area (Å²) >= 11 is 0. The first kappa shape index (κ1) is 7.45. The number of ether oxygens (including phenoxy) is 2. The molecule has 4 N–H and O–H groups in total. The third-order valence-electron chi connectivity index (χ3n) is 2.33. The Morgan fingerprint density at radius 1 is 1.64 bits per heavy atom. The standard InChI is InChI=1S/C6H11NO4/c7-5-3-4(9)6(1-8,11-5)2-10-3/h3-5,8-9H,1-2,7H2/t3-,4?,5+,6+/m0/s1. The van der Waals surface area contributed by atoms with Gasteiger partial charge in [-0.2, -0.15) is 0 Å². The lowest BCUT2D eigenvalue weighted by atomic mass is 10.0. The van der Waals surface area contributed by atoms with Crippen molar-refractivity contribution in [1.29, 1.82) is 0 Å². The molecule has 2 aliphatic rings. The Morgan fingerprint density at radius 3 is 2.64 bits per heavy atom. The van der Waals surface area contributed by atoms with E-state index >= 15 is 0 Å².